The number of fused-ring (bicyclic) bond motifs is 1. The molecule has 3 rings (SSSR count). The van der Waals surface area contributed by atoms with Gasteiger partial charge in [0.05, 0.1) is 11.7 Å². The van der Waals surface area contributed by atoms with E-state index in [1.165, 1.54) is 12.1 Å². The number of nitrogens with one attached hydrogen (secondary N) is 1. The van der Waals surface area contributed by atoms with Crippen molar-refractivity contribution in [2.45, 2.75) is 6.92 Å². The highest BCUT2D eigenvalue weighted by molar-refractivity contribution is 5.94. The Kier molecular flexibility index (Phi) is 1.95. The Balaban J connectivity index is 2.26. The molecule has 0 saturated heterocycles. The number of halogens is 1. The molecule has 0 fully saturated rings. The molecular formula is C12H10FN3O. The van der Waals surface area contributed by atoms with Gasteiger partial charge in [-0.3, -0.25) is 0 Å². The first-order valence-electron chi connectivity index (χ1n) is 5.14. The van der Waals surface area contributed by atoms with E-state index in [1.807, 2.05) is 0 Å². The number of hydrogen-bond donors (Lipinski definition) is 2. The predicted octanol–water partition coefficient (Wildman–Crippen LogP) is 2.85. The molecule has 2 aromatic heterocycles. The SMILES string of the molecule is Cc1cnc(-c2cc3c(N)ccc(F)c3[nH]2)o1. The van der Waals surface area contributed by atoms with Gasteiger partial charge in [0.2, 0.25) is 5.89 Å². The second-order valence-electron chi connectivity index (χ2n) is 3.88. The lowest BCUT2D eigenvalue weighted by Gasteiger charge is -1.95. The van der Waals surface area contributed by atoms with Crippen LogP contribution in [0.15, 0.2) is 28.8 Å². The molecule has 0 bridgehead atoms. The number of oxazole rings is 1. The van der Waals surface area contributed by atoms with Crippen LogP contribution in [0.3, 0.4) is 0 Å². The average Bonchev–Trinajstić information content (AvgIpc) is 2.90. The number of benzene rings is 1. The van der Waals surface area contributed by atoms with Gasteiger partial charge in [-0.15, -0.1) is 0 Å². The second kappa shape index (κ2) is 3.35. The van der Waals surface area contributed by atoms with E-state index in [0.29, 0.717) is 33.9 Å². The van der Waals surface area contributed by atoms with E-state index in [2.05, 4.69) is 9.97 Å². The van der Waals surface area contributed by atoms with Gasteiger partial charge < -0.3 is 15.1 Å². The summed E-state index contributed by atoms with van der Waals surface area (Å²) in [7, 11) is 0. The molecule has 0 unspecified atom stereocenters. The van der Waals surface area contributed by atoms with Crippen molar-refractivity contribution in [1.29, 1.82) is 0 Å². The second-order valence-corrected chi connectivity index (χ2v) is 3.88. The summed E-state index contributed by atoms with van der Waals surface area (Å²) in [6, 6.07) is 4.61. The molecule has 0 amide bonds. The largest absolute Gasteiger partial charge is 0.440 e. The van der Waals surface area contributed by atoms with Crippen molar-refractivity contribution < 1.29 is 8.81 Å². The molecule has 86 valence electrons. The number of nitrogens with two attached hydrogens (primary N) is 1. The summed E-state index contributed by atoms with van der Waals surface area (Å²) in [5, 5.41) is 0.635. The van der Waals surface area contributed by atoms with Gasteiger partial charge in [0, 0.05) is 11.1 Å². The van der Waals surface area contributed by atoms with Crippen molar-refractivity contribution in [3.63, 3.8) is 0 Å². The molecule has 0 radical (unpaired) electrons. The third-order valence-corrected chi connectivity index (χ3v) is 2.63. The first-order chi connectivity index (χ1) is 8.15. The molecule has 0 spiro atoms. The summed E-state index contributed by atoms with van der Waals surface area (Å²) in [4.78, 5) is 7.00. The number of aromatic amines is 1. The Morgan fingerprint density at radius 1 is 1.41 bits per heavy atom. The minimum atomic E-state index is -0.344. The van der Waals surface area contributed by atoms with E-state index in [0.717, 1.165) is 0 Å². The lowest BCUT2D eigenvalue weighted by Crippen LogP contribution is -1.86. The van der Waals surface area contributed by atoms with Crippen molar-refractivity contribution >= 4 is 16.6 Å². The molecule has 0 aliphatic carbocycles. The van der Waals surface area contributed by atoms with Crippen LogP contribution in [-0.4, -0.2) is 9.97 Å². The fourth-order valence-electron chi connectivity index (χ4n) is 1.80. The van der Waals surface area contributed by atoms with E-state index >= 15 is 0 Å². The first-order valence-corrected chi connectivity index (χ1v) is 5.14. The fourth-order valence-corrected chi connectivity index (χ4v) is 1.80. The van der Waals surface area contributed by atoms with Crippen LogP contribution in [0.5, 0.6) is 0 Å². The third-order valence-electron chi connectivity index (χ3n) is 2.63. The molecule has 3 N–H and O–H groups in total. The van der Waals surface area contributed by atoms with Gasteiger partial charge in [0.1, 0.15) is 17.3 Å². The zero-order valence-electron chi connectivity index (χ0n) is 9.12. The van der Waals surface area contributed by atoms with E-state index in [1.54, 1.807) is 19.2 Å². The van der Waals surface area contributed by atoms with Crippen LogP contribution < -0.4 is 5.73 Å². The smallest absolute Gasteiger partial charge is 0.243 e. The molecular weight excluding hydrogens is 221 g/mol. The van der Waals surface area contributed by atoms with Gasteiger partial charge in [-0.05, 0) is 25.1 Å². The Morgan fingerprint density at radius 3 is 2.88 bits per heavy atom. The maximum Gasteiger partial charge on any atom is 0.243 e. The molecule has 17 heavy (non-hydrogen) atoms. The van der Waals surface area contributed by atoms with E-state index in [9.17, 15) is 4.39 Å². The number of aryl methyl sites for hydroxylation is 1. The molecule has 4 nitrogen and oxygen atoms in total. The van der Waals surface area contributed by atoms with Crippen molar-refractivity contribution in [2.24, 2.45) is 0 Å². The Hall–Kier alpha value is -2.30. The highest BCUT2D eigenvalue weighted by atomic mass is 19.1. The van der Waals surface area contributed by atoms with Crippen molar-refractivity contribution in [3.8, 4) is 11.6 Å². The molecule has 1 aromatic carbocycles. The van der Waals surface area contributed by atoms with E-state index < -0.39 is 0 Å². The van der Waals surface area contributed by atoms with Gasteiger partial charge in [0.25, 0.3) is 0 Å². The molecule has 0 atom stereocenters. The molecule has 0 saturated carbocycles. The number of nitrogens with zero attached hydrogens (tertiary/aromatic N) is 1. The average molecular weight is 231 g/mol. The predicted molar refractivity (Wildman–Crippen MR) is 62.9 cm³/mol. The summed E-state index contributed by atoms with van der Waals surface area (Å²) in [6.45, 7) is 1.80. The molecule has 2 heterocycles. The normalized spacial score (nSPS) is 11.2. The third kappa shape index (κ3) is 1.47. The molecule has 0 aliphatic rings. The summed E-state index contributed by atoms with van der Waals surface area (Å²) in [6.07, 6.45) is 1.61. The monoisotopic (exact) mass is 231 g/mol. The van der Waals surface area contributed by atoms with Crippen molar-refractivity contribution in [3.05, 3.63) is 36.0 Å². The van der Waals surface area contributed by atoms with Crippen LogP contribution >= 0.6 is 0 Å². The van der Waals surface area contributed by atoms with E-state index in [-0.39, 0.29) is 5.82 Å². The Morgan fingerprint density at radius 2 is 2.24 bits per heavy atom. The summed E-state index contributed by atoms with van der Waals surface area (Å²) >= 11 is 0. The van der Waals surface area contributed by atoms with Crippen LogP contribution in [-0.2, 0) is 0 Å². The van der Waals surface area contributed by atoms with Crippen molar-refractivity contribution in [2.75, 3.05) is 5.73 Å². The lowest BCUT2D eigenvalue weighted by atomic mass is 10.2. The number of nitrogen functional groups attached to an aromatic ring is 1. The number of rotatable bonds is 1. The standard InChI is InChI=1S/C12H10FN3O/c1-6-5-15-12(17-6)10-4-7-9(14)3-2-8(13)11(7)16-10/h2-5,16H,14H2,1H3. The highest BCUT2D eigenvalue weighted by Gasteiger charge is 2.12. The highest BCUT2D eigenvalue weighted by Crippen LogP contribution is 2.29. The van der Waals surface area contributed by atoms with Crippen molar-refractivity contribution in [1.82, 2.24) is 9.97 Å². The van der Waals surface area contributed by atoms with Gasteiger partial charge in [-0.25, -0.2) is 9.37 Å². The Bertz CT molecular complexity index is 660. The fraction of sp³-hybridized carbons (Fsp3) is 0.0833. The quantitative estimate of drug-likeness (QED) is 0.633. The summed E-state index contributed by atoms with van der Waals surface area (Å²) < 4.78 is 18.9. The Labute approximate surface area is 96.3 Å². The lowest BCUT2D eigenvalue weighted by molar-refractivity contribution is 0.541. The topological polar surface area (TPSA) is 67.8 Å². The van der Waals surface area contributed by atoms with Gasteiger partial charge in [0.15, 0.2) is 0 Å². The van der Waals surface area contributed by atoms with Gasteiger partial charge in [-0.1, -0.05) is 0 Å². The molecule has 3 aromatic rings. The molecule has 5 heteroatoms. The van der Waals surface area contributed by atoms with Crippen LogP contribution in [0.25, 0.3) is 22.5 Å². The van der Waals surface area contributed by atoms with Gasteiger partial charge in [-0.2, -0.15) is 0 Å². The summed E-state index contributed by atoms with van der Waals surface area (Å²) in [5.74, 6) is 0.785. The van der Waals surface area contributed by atoms with Crippen LogP contribution in [0.4, 0.5) is 10.1 Å². The zero-order chi connectivity index (χ0) is 12.0. The minimum absolute atomic E-state index is 0.344. The number of H-pyrrole nitrogens is 1. The number of hydrogen-bond acceptors (Lipinski definition) is 3. The van der Waals surface area contributed by atoms with Crippen LogP contribution in [0.2, 0.25) is 0 Å². The maximum absolute atomic E-state index is 13.6. The van der Waals surface area contributed by atoms with Crippen LogP contribution in [0, 0.1) is 12.7 Å². The zero-order valence-corrected chi connectivity index (χ0v) is 9.12. The number of anilines is 1. The summed E-state index contributed by atoms with van der Waals surface area (Å²) in [5.41, 5.74) is 7.29. The minimum Gasteiger partial charge on any atom is -0.440 e. The maximum atomic E-state index is 13.6. The van der Waals surface area contributed by atoms with Gasteiger partial charge >= 0.3 is 0 Å². The van der Waals surface area contributed by atoms with E-state index in [4.69, 9.17) is 10.2 Å². The van der Waals surface area contributed by atoms with Crippen LogP contribution in [0.1, 0.15) is 5.76 Å². The number of aromatic nitrogens is 2. The first kappa shape index (κ1) is 9.89. The molecule has 0 aliphatic heterocycles.